The fourth-order valence-corrected chi connectivity index (χ4v) is 2.35. The zero-order valence-corrected chi connectivity index (χ0v) is 10.8. The Kier molecular flexibility index (Phi) is 5.22. The van der Waals surface area contributed by atoms with Gasteiger partial charge in [0, 0.05) is 6.92 Å². The van der Waals surface area contributed by atoms with Crippen molar-refractivity contribution in [2.45, 2.75) is 31.9 Å². The first-order chi connectivity index (χ1) is 8.00. The number of aliphatic carboxylic acids is 1. The molecule has 92 valence electrons. The Hall–Kier alpha value is -1.29. The zero-order chi connectivity index (χ0) is 12.8. The van der Waals surface area contributed by atoms with E-state index in [1.54, 1.807) is 0 Å². The molecule has 1 aromatic rings. The molecule has 1 unspecified atom stereocenters. The molecule has 0 spiro atoms. The summed E-state index contributed by atoms with van der Waals surface area (Å²) in [7, 11) is 0. The molecule has 0 aromatic heterocycles. The second-order valence-corrected chi connectivity index (χ2v) is 5.28. The van der Waals surface area contributed by atoms with Crippen LogP contribution in [-0.4, -0.2) is 21.4 Å². The van der Waals surface area contributed by atoms with Crippen LogP contribution in [0.3, 0.4) is 0 Å². The Morgan fingerprint density at radius 3 is 2.53 bits per heavy atom. The van der Waals surface area contributed by atoms with Crippen LogP contribution < -0.4 is 0 Å². The van der Waals surface area contributed by atoms with Crippen molar-refractivity contribution in [1.82, 2.24) is 0 Å². The summed E-state index contributed by atoms with van der Waals surface area (Å²) in [6, 6.07) is 7.89. The van der Waals surface area contributed by atoms with Gasteiger partial charge in [-0.3, -0.25) is 9.59 Å². The molecule has 1 rings (SSSR count). The lowest BCUT2D eigenvalue weighted by molar-refractivity contribution is -0.136. The van der Waals surface area contributed by atoms with E-state index in [2.05, 4.69) is 0 Å². The van der Waals surface area contributed by atoms with Crippen molar-refractivity contribution < 1.29 is 14.7 Å². The van der Waals surface area contributed by atoms with E-state index in [1.165, 1.54) is 6.92 Å². The monoisotopic (exact) mass is 252 g/mol. The van der Waals surface area contributed by atoms with Crippen molar-refractivity contribution in [2.24, 2.45) is 0 Å². The smallest absolute Gasteiger partial charge is 0.317 e. The molecule has 17 heavy (non-hydrogen) atoms. The minimum atomic E-state index is -0.918. The topological polar surface area (TPSA) is 54.4 Å². The van der Waals surface area contributed by atoms with Gasteiger partial charge in [0.05, 0.1) is 0 Å². The molecule has 0 amide bonds. The van der Waals surface area contributed by atoms with Gasteiger partial charge in [-0.05, 0) is 30.9 Å². The van der Waals surface area contributed by atoms with Crippen molar-refractivity contribution in [1.29, 1.82) is 0 Å². The van der Waals surface area contributed by atoms with E-state index in [4.69, 9.17) is 5.11 Å². The first-order valence-electron chi connectivity index (χ1n) is 5.45. The third kappa shape index (κ3) is 4.61. The molecule has 1 aromatic carbocycles. The lowest BCUT2D eigenvalue weighted by atomic mass is 10.0. The number of thioether (sulfide) groups is 1. The summed E-state index contributed by atoms with van der Waals surface area (Å²) in [5, 5.41) is 8.20. The third-order valence-electron chi connectivity index (χ3n) is 2.52. The highest BCUT2D eigenvalue weighted by Gasteiger charge is 2.20. The van der Waals surface area contributed by atoms with E-state index in [0.717, 1.165) is 22.9 Å². The molecule has 0 saturated heterocycles. The summed E-state index contributed by atoms with van der Waals surface area (Å²) in [6.07, 6.45) is 1.16. The van der Waals surface area contributed by atoms with Crippen LogP contribution >= 0.6 is 11.8 Å². The highest BCUT2D eigenvalue weighted by molar-refractivity contribution is 8.14. The van der Waals surface area contributed by atoms with Gasteiger partial charge in [0.2, 0.25) is 0 Å². The highest BCUT2D eigenvalue weighted by Crippen LogP contribution is 2.19. The summed E-state index contributed by atoms with van der Waals surface area (Å²) in [4.78, 5) is 21.9. The number of aryl methyl sites for hydroxylation is 2. The van der Waals surface area contributed by atoms with Crippen molar-refractivity contribution in [3.05, 3.63) is 35.4 Å². The van der Waals surface area contributed by atoms with Gasteiger partial charge in [0.1, 0.15) is 5.25 Å². The summed E-state index contributed by atoms with van der Waals surface area (Å²) in [6.45, 7) is 3.40. The molecule has 3 nitrogen and oxygen atoms in total. The van der Waals surface area contributed by atoms with Crippen LogP contribution in [0.5, 0.6) is 0 Å². The second-order valence-electron chi connectivity index (χ2n) is 3.90. The van der Waals surface area contributed by atoms with E-state index in [9.17, 15) is 9.59 Å². The molecule has 1 atom stereocenters. The fraction of sp³-hybridized carbons (Fsp3) is 0.385. The van der Waals surface area contributed by atoms with E-state index < -0.39 is 11.2 Å². The lowest BCUT2D eigenvalue weighted by Crippen LogP contribution is -2.18. The van der Waals surface area contributed by atoms with Gasteiger partial charge in [-0.1, -0.05) is 36.0 Å². The minimum absolute atomic E-state index is 0.151. The Balaban J connectivity index is 2.61. The first-order valence-corrected chi connectivity index (χ1v) is 6.33. The number of carbonyl (C=O) groups excluding carboxylic acids is 1. The number of carbonyl (C=O) groups is 2. The molecule has 0 saturated carbocycles. The molecular formula is C13H16O3S. The summed E-state index contributed by atoms with van der Waals surface area (Å²) >= 11 is 0.894. The van der Waals surface area contributed by atoms with E-state index in [-0.39, 0.29) is 5.12 Å². The molecular weight excluding hydrogens is 236 g/mol. The van der Waals surface area contributed by atoms with Gasteiger partial charge in [0.15, 0.2) is 5.12 Å². The number of hydrogen-bond donors (Lipinski definition) is 1. The molecule has 0 aliphatic heterocycles. The van der Waals surface area contributed by atoms with Crippen LogP contribution in [0.25, 0.3) is 0 Å². The van der Waals surface area contributed by atoms with Gasteiger partial charge >= 0.3 is 5.97 Å². The van der Waals surface area contributed by atoms with Crippen molar-refractivity contribution >= 4 is 22.8 Å². The molecule has 1 N–H and O–H groups in total. The molecule has 0 aliphatic rings. The SMILES string of the molecule is CC(=O)SC(CCc1ccccc1C)C(=O)O. The maximum absolute atomic E-state index is 11.0. The Morgan fingerprint density at radius 1 is 1.35 bits per heavy atom. The minimum Gasteiger partial charge on any atom is -0.480 e. The molecule has 0 heterocycles. The standard InChI is InChI=1S/C13H16O3S/c1-9-5-3-4-6-11(9)7-8-12(13(15)16)17-10(2)14/h3-6,12H,7-8H2,1-2H3,(H,15,16). The third-order valence-corrected chi connectivity index (χ3v) is 3.57. The van der Waals surface area contributed by atoms with Gasteiger partial charge in [-0.15, -0.1) is 0 Å². The van der Waals surface area contributed by atoms with Crippen LogP contribution in [0.4, 0.5) is 0 Å². The molecule has 0 radical (unpaired) electrons. The van der Waals surface area contributed by atoms with Gasteiger partial charge in [-0.25, -0.2) is 0 Å². The Labute approximate surface area is 105 Å². The number of rotatable bonds is 5. The predicted octanol–water partition coefficient (Wildman–Crippen LogP) is 2.66. The average molecular weight is 252 g/mol. The van der Waals surface area contributed by atoms with E-state index >= 15 is 0 Å². The fourth-order valence-electron chi connectivity index (χ4n) is 1.61. The summed E-state index contributed by atoms with van der Waals surface area (Å²) in [5.41, 5.74) is 2.30. The van der Waals surface area contributed by atoms with Crippen LogP contribution in [0.15, 0.2) is 24.3 Å². The van der Waals surface area contributed by atoms with Gasteiger partial charge in [0.25, 0.3) is 0 Å². The van der Waals surface area contributed by atoms with Crippen molar-refractivity contribution in [2.75, 3.05) is 0 Å². The van der Waals surface area contributed by atoms with Crippen LogP contribution in [-0.2, 0) is 16.0 Å². The molecule has 0 aliphatic carbocycles. The summed E-state index contributed by atoms with van der Waals surface area (Å²) < 4.78 is 0. The van der Waals surface area contributed by atoms with Crippen LogP contribution in [0.1, 0.15) is 24.5 Å². The molecule has 0 bridgehead atoms. The number of benzene rings is 1. The Morgan fingerprint density at radius 2 is 2.00 bits per heavy atom. The summed E-state index contributed by atoms with van der Waals surface area (Å²) in [5.74, 6) is -0.918. The molecule has 0 fully saturated rings. The normalized spacial score (nSPS) is 12.1. The van der Waals surface area contributed by atoms with Gasteiger partial charge < -0.3 is 5.11 Å². The Bertz CT molecular complexity index is 415. The second kappa shape index (κ2) is 6.45. The van der Waals surface area contributed by atoms with Crippen molar-refractivity contribution in [3.63, 3.8) is 0 Å². The average Bonchev–Trinajstić information content (AvgIpc) is 2.25. The molecule has 4 heteroatoms. The number of carboxylic acids is 1. The highest BCUT2D eigenvalue weighted by atomic mass is 32.2. The maximum Gasteiger partial charge on any atom is 0.317 e. The van der Waals surface area contributed by atoms with E-state index in [0.29, 0.717) is 12.8 Å². The van der Waals surface area contributed by atoms with Crippen LogP contribution in [0.2, 0.25) is 0 Å². The quantitative estimate of drug-likeness (QED) is 0.875. The number of carboxylic acid groups (broad SMARTS) is 1. The predicted molar refractivity (Wildman–Crippen MR) is 69.2 cm³/mol. The van der Waals surface area contributed by atoms with Crippen molar-refractivity contribution in [3.8, 4) is 0 Å². The van der Waals surface area contributed by atoms with E-state index in [1.807, 2.05) is 31.2 Å². The first kappa shape index (κ1) is 13.8. The zero-order valence-electron chi connectivity index (χ0n) is 9.97. The van der Waals surface area contributed by atoms with Gasteiger partial charge in [-0.2, -0.15) is 0 Å². The lowest BCUT2D eigenvalue weighted by Gasteiger charge is -2.11. The maximum atomic E-state index is 11.0. The van der Waals surface area contributed by atoms with Crippen LogP contribution in [0, 0.1) is 6.92 Å². The number of hydrogen-bond acceptors (Lipinski definition) is 3. The largest absolute Gasteiger partial charge is 0.480 e.